The van der Waals surface area contributed by atoms with E-state index in [4.69, 9.17) is 14.2 Å². The van der Waals surface area contributed by atoms with Gasteiger partial charge in [-0.05, 0) is 35.7 Å². The van der Waals surface area contributed by atoms with Crippen molar-refractivity contribution in [2.24, 2.45) is 0 Å². The van der Waals surface area contributed by atoms with Gasteiger partial charge in [-0.25, -0.2) is 0 Å². The second-order valence-corrected chi connectivity index (χ2v) is 6.86. The highest BCUT2D eigenvalue weighted by Gasteiger charge is 2.18. The number of ether oxygens (including phenoxy) is 3. The Hall–Kier alpha value is -2.04. The van der Waals surface area contributed by atoms with E-state index < -0.39 is 0 Å². The largest absolute Gasteiger partial charge is 0.493 e. The van der Waals surface area contributed by atoms with Crippen LogP contribution < -0.4 is 14.8 Å². The van der Waals surface area contributed by atoms with Crippen LogP contribution in [-0.4, -0.2) is 25.9 Å². The molecule has 0 saturated carbocycles. The zero-order chi connectivity index (χ0) is 17.1. The Labute approximate surface area is 149 Å². The maximum Gasteiger partial charge on any atom is 0.124 e. The molecule has 2 heterocycles. The quantitative estimate of drug-likeness (QED) is 0.876. The molecule has 2 aliphatic heterocycles. The molecule has 1 N–H and O–H groups in total. The zero-order valence-electron chi connectivity index (χ0n) is 14.7. The summed E-state index contributed by atoms with van der Waals surface area (Å²) >= 11 is 0. The standard InChI is InChI=1S/C21H25NO3/c1-15-2-4-18(21(10-15)25-19-7-8-23-14-19)13-22-12-16-3-5-20-17(11-16)6-9-24-20/h2-5,10-11,19,22H,6-9,12-14H2,1H3. The highest BCUT2D eigenvalue weighted by Crippen LogP contribution is 2.26. The van der Waals surface area contributed by atoms with Crippen LogP contribution in [0.4, 0.5) is 0 Å². The first-order chi connectivity index (χ1) is 12.3. The third-order valence-electron chi connectivity index (χ3n) is 4.80. The third kappa shape index (κ3) is 3.97. The van der Waals surface area contributed by atoms with Crippen LogP contribution in [0.25, 0.3) is 0 Å². The minimum Gasteiger partial charge on any atom is -0.493 e. The molecule has 1 unspecified atom stereocenters. The van der Waals surface area contributed by atoms with Gasteiger partial charge >= 0.3 is 0 Å². The average molecular weight is 339 g/mol. The number of nitrogens with one attached hydrogen (secondary N) is 1. The zero-order valence-corrected chi connectivity index (χ0v) is 14.7. The molecule has 132 valence electrons. The molecule has 1 atom stereocenters. The Bertz CT molecular complexity index is 738. The number of rotatable bonds is 6. The molecule has 4 rings (SSSR count). The summed E-state index contributed by atoms with van der Waals surface area (Å²) in [6.45, 7) is 6.02. The molecule has 0 radical (unpaired) electrons. The first-order valence-electron chi connectivity index (χ1n) is 9.07. The van der Waals surface area contributed by atoms with Gasteiger partial charge in [-0.1, -0.05) is 24.3 Å². The maximum atomic E-state index is 6.17. The molecule has 0 bridgehead atoms. The van der Waals surface area contributed by atoms with Crippen LogP contribution in [0, 0.1) is 6.92 Å². The van der Waals surface area contributed by atoms with Crippen molar-refractivity contribution in [1.29, 1.82) is 0 Å². The van der Waals surface area contributed by atoms with Gasteiger partial charge in [0.15, 0.2) is 0 Å². The van der Waals surface area contributed by atoms with E-state index in [9.17, 15) is 0 Å². The fourth-order valence-electron chi connectivity index (χ4n) is 3.39. The summed E-state index contributed by atoms with van der Waals surface area (Å²) in [5.41, 5.74) is 5.03. The van der Waals surface area contributed by atoms with Crippen molar-refractivity contribution in [3.05, 3.63) is 58.7 Å². The lowest BCUT2D eigenvalue weighted by Crippen LogP contribution is -2.19. The predicted octanol–water partition coefficient (Wildman–Crippen LogP) is 3.39. The van der Waals surface area contributed by atoms with Crippen molar-refractivity contribution in [3.8, 4) is 11.5 Å². The normalized spacial score (nSPS) is 18.8. The summed E-state index contributed by atoms with van der Waals surface area (Å²) in [7, 11) is 0. The fourth-order valence-corrected chi connectivity index (χ4v) is 3.39. The van der Waals surface area contributed by atoms with Gasteiger partial charge in [0.25, 0.3) is 0 Å². The Morgan fingerprint density at radius 1 is 1.12 bits per heavy atom. The van der Waals surface area contributed by atoms with Crippen LogP contribution in [0.5, 0.6) is 11.5 Å². The van der Waals surface area contributed by atoms with Crippen molar-refractivity contribution in [3.63, 3.8) is 0 Å². The molecule has 1 fully saturated rings. The molecule has 0 spiro atoms. The van der Waals surface area contributed by atoms with E-state index in [1.807, 2.05) is 0 Å². The monoisotopic (exact) mass is 339 g/mol. The van der Waals surface area contributed by atoms with E-state index in [0.29, 0.717) is 6.61 Å². The van der Waals surface area contributed by atoms with Gasteiger partial charge in [-0.15, -0.1) is 0 Å². The lowest BCUT2D eigenvalue weighted by atomic mass is 10.1. The summed E-state index contributed by atoms with van der Waals surface area (Å²) in [4.78, 5) is 0. The molecule has 0 aliphatic carbocycles. The van der Waals surface area contributed by atoms with E-state index in [1.165, 1.54) is 22.3 Å². The smallest absolute Gasteiger partial charge is 0.124 e. The van der Waals surface area contributed by atoms with Gasteiger partial charge in [0.05, 0.1) is 19.8 Å². The van der Waals surface area contributed by atoms with Crippen molar-refractivity contribution in [1.82, 2.24) is 5.32 Å². The summed E-state index contributed by atoms with van der Waals surface area (Å²) in [5, 5.41) is 3.54. The van der Waals surface area contributed by atoms with Crippen LogP contribution >= 0.6 is 0 Å². The van der Waals surface area contributed by atoms with Gasteiger partial charge < -0.3 is 19.5 Å². The number of fused-ring (bicyclic) bond motifs is 1. The van der Waals surface area contributed by atoms with E-state index in [2.05, 4.69) is 48.6 Å². The first-order valence-corrected chi connectivity index (χ1v) is 9.07. The van der Waals surface area contributed by atoms with Gasteiger partial charge in [-0.3, -0.25) is 0 Å². The molecular formula is C21H25NO3. The van der Waals surface area contributed by atoms with Crippen LogP contribution in [0.2, 0.25) is 0 Å². The number of hydrogen-bond acceptors (Lipinski definition) is 4. The Morgan fingerprint density at radius 3 is 2.96 bits per heavy atom. The van der Waals surface area contributed by atoms with Gasteiger partial charge in [-0.2, -0.15) is 0 Å². The van der Waals surface area contributed by atoms with Gasteiger partial charge in [0.2, 0.25) is 0 Å². The second-order valence-electron chi connectivity index (χ2n) is 6.86. The molecule has 25 heavy (non-hydrogen) atoms. The van der Waals surface area contributed by atoms with Crippen LogP contribution in [-0.2, 0) is 24.2 Å². The summed E-state index contributed by atoms with van der Waals surface area (Å²) in [6, 6.07) is 12.9. The van der Waals surface area contributed by atoms with Gasteiger partial charge in [0.1, 0.15) is 17.6 Å². The maximum absolute atomic E-state index is 6.17. The number of aryl methyl sites for hydroxylation is 1. The van der Waals surface area contributed by atoms with Crippen molar-refractivity contribution < 1.29 is 14.2 Å². The summed E-state index contributed by atoms with van der Waals surface area (Å²) < 4.78 is 17.2. The van der Waals surface area contributed by atoms with E-state index in [0.717, 1.165) is 50.6 Å². The fraction of sp³-hybridized carbons (Fsp3) is 0.429. The average Bonchev–Trinajstić information content (AvgIpc) is 3.28. The molecule has 2 aromatic carbocycles. The molecule has 2 aromatic rings. The SMILES string of the molecule is Cc1ccc(CNCc2ccc3c(c2)CCO3)c(OC2CCOC2)c1. The third-order valence-corrected chi connectivity index (χ3v) is 4.80. The predicted molar refractivity (Wildman–Crippen MR) is 97.2 cm³/mol. The second kappa shape index (κ2) is 7.46. The van der Waals surface area contributed by atoms with E-state index in [1.54, 1.807) is 0 Å². The summed E-state index contributed by atoms with van der Waals surface area (Å²) in [5.74, 6) is 2.02. The minimum atomic E-state index is 0.178. The highest BCUT2D eigenvalue weighted by atomic mass is 16.5. The topological polar surface area (TPSA) is 39.7 Å². The molecule has 2 aliphatic rings. The number of hydrogen-bond donors (Lipinski definition) is 1. The Kier molecular flexibility index (Phi) is 4.90. The lowest BCUT2D eigenvalue weighted by Gasteiger charge is -2.17. The van der Waals surface area contributed by atoms with Crippen molar-refractivity contribution in [2.75, 3.05) is 19.8 Å². The first kappa shape index (κ1) is 16.4. The molecule has 1 saturated heterocycles. The molecule has 0 aromatic heterocycles. The van der Waals surface area contributed by atoms with Crippen molar-refractivity contribution >= 4 is 0 Å². The van der Waals surface area contributed by atoms with Crippen molar-refractivity contribution in [2.45, 2.75) is 39.0 Å². The van der Waals surface area contributed by atoms with E-state index in [-0.39, 0.29) is 6.10 Å². The lowest BCUT2D eigenvalue weighted by molar-refractivity contribution is 0.140. The van der Waals surface area contributed by atoms with E-state index >= 15 is 0 Å². The summed E-state index contributed by atoms with van der Waals surface area (Å²) in [6.07, 6.45) is 2.16. The Morgan fingerprint density at radius 2 is 2.08 bits per heavy atom. The van der Waals surface area contributed by atoms with Crippen LogP contribution in [0.15, 0.2) is 36.4 Å². The Balaban J connectivity index is 1.38. The highest BCUT2D eigenvalue weighted by molar-refractivity contribution is 5.40. The van der Waals surface area contributed by atoms with Gasteiger partial charge in [0, 0.05) is 31.5 Å². The minimum absolute atomic E-state index is 0.178. The molecule has 4 heteroatoms. The molecule has 0 amide bonds. The molecule has 4 nitrogen and oxygen atoms in total. The van der Waals surface area contributed by atoms with Crippen LogP contribution in [0.1, 0.15) is 28.7 Å². The van der Waals surface area contributed by atoms with Crippen LogP contribution in [0.3, 0.4) is 0 Å². The molecular weight excluding hydrogens is 314 g/mol. The number of benzene rings is 2.